The number of nitrogens with one attached hydrogen (secondary N) is 1. The molecule has 150 valence electrons. The van der Waals surface area contributed by atoms with Crippen LogP contribution in [0.3, 0.4) is 0 Å². The van der Waals surface area contributed by atoms with Gasteiger partial charge in [0.15, 0.2) is 18.1 Å². The zero-order chi connectivity index (χ0) is 20.1. The van der Waals surface area contributed by atoms with Gasteiger partial charge in [-0.1, -0.05) is 0 Å². The van der Waals surface area contributed by atoms with Gasteiger partial charge in [-0.05, 0) is 43.7 Å². The van der Waals surface area contributed by atoms with Gasteiger partial charge in [0, 0.05) is 24.7 Å². The van der Waals surface area contributed by atoms with Crippen LogP contribution in [0.2, 0.25) is 0 Å². The highest BCUT2D eigenvalue weighted by molar-refractivity contribution is 5.78. The van der Waals surface area contributed by atoms with E-state index in [4.69, 9.17) is 19.8 Å². The van der Waals surface area contributed by atoms with Crippen molar-refractivity contribution in [1.82, 2.24) is 10.2 Å². The Hall–Kier alpha value is -2.79. The predicted molar refractivity (Wildman–Crippen MR) is 100 cm³/mol. The van der Waals surface area contributed by atoms with Crippen LogP contribution in [0.5, 0.6) is 11.5 Å². The highest BCUT2D eigenvalue weighted by Crippen LogP contribution is 2.34. The van der Waals surface area contributed by atoms with Crippen LogP contribution < -0.4 is 14.8 Å². The summed E-state index contributed by atoms with van der Waals surface area (Å²) in [5, 5.41) is 20.9. The molecule has 8 nitrogen and oxygen atoms in total. The number of hydrogen-bond acceptors (Lipinski definition) is 6. The molecule has 0 saturated heterocycles. The summed E-state index contributed by atoms with van der Waals surface area (Å²) in [5.41, 5.74) is 0.450. The Morgan fingerprint density at radius 1 is 1.32 bits per heavy atom. The molecule has 3 rings (SSSR count). The highest BCUT2D eigenvalue weighted by atomic mass is 16.5. The number of carbonyl (C=O) groups excluding carboxylic acids is 1. The molecule has 8 heteroatoms. The molecule has 2 saturated carbocycles. The van der Waals surface area contributed by atoms with Gasteiger partial charge in [-0.3, -0.25) is 14.5 Å². The Balaban J connectivity index is 1.42. The van der Waals surface area contributed by atoms with Gasteiger partial charge < -0.3 is 19.9 Å². The molecule has 2 fully saturated rings. The van der Waals surface area contributed by atoms with E-state index < -0.39 is 5.97 Å². The van der Waals surface area contributed by atoms with Gasteiger partial charge in [-0.2, -0.15) is 5.26 Å². The highest BCUT2D eigenvalue weighted by Gasteiger charge is 2.37. The van der Waals surface area contributed by atoms with Crippen LogP contribution in [0.15, 0.2) is 18.2 Å². The van der Waals surface area contributed by atoms with Gasteiger partial charge in [0.05, 0.1) is 25.3 Å². The lowest BCUT2D eigenvalue weighted by Crippen LogP contribution is -2.55. The van der Waals surface area contributed by atoms with Crippen LogP contribution in [0.4, 0.5) is 0 Å². The molecular weight excluding hydrogens is 362 g/mol. The predicted octanol–water partition coefficient (Wildman–Crippen LogP) is 1.39. The molecule has 0 heterocycles. The third-order valence-electron chi connectivity index (χ3n) is 5.17. The lowest BCUT2D eigenvalue weighted by molar-refractivity contribution is -0.140. The van der Waals surface area contributed by atoms with Crippen LogP contribution in [0, 0.1) is 17.2 Å². The van der Waals surface area contributed by atoms with Crippen molar-refractivity contribution in [2.45, 2.75) is 37.8 Å². The van der Waals surface area contributed by atoms with E-state index >= 15 is 0 Å². The second kappa shape index (κ2) is 8.93. The van der Waals surface area contributed by atoms with Crippen molar-refractivity contribution in [1.29, 1.82) is 5.26 Å². The van der Waals surface area contributed by atoms with Crippen LogP contribution in [0.25, 0.3) is 0 Å². The first-order chi connectivity index (χ1) is 13.5. The summed E-state index contributed by atoms with van der Waals surface area (Å²) in [6.07, 6.45) is 3.87. The number of carboxylic acid groups (broad SMARTS) is 1. The van der Waals surface area contributed by atoms with E-state index in [0.717, 1.165) is 19.4 Å². The number of methoxy groups -OCH3 is 1. The standard InChI is InChI=1S/C20H25N3O5/c1-27-18-6-14(9-21)4-5-17(18)28-12-19(24)22-15-7-16(8-15)23(11-20(25)26)10-13-2-3-13/h4-6,13,15-16H,2-3,7-8,10-12H2,1H3,(H,22,24)(H,25,26). The van der Waals surface area contributed by atoms with Crippen molar-refractivity contribution in [3.63, 3.8) is 0 Å². The van der Waals surface area contributed by atoms with Gasteiger partial charge >= 0.3 is 5.97 Å². The fourth-order valence-corrected chi connectivity index (χ4v) is 3.42. The van der Waals surface area contributed by atoms with Gasteiger partial charge in [-0.25, -0.2) is 0 Å². The molecule has 0 bridgehead atoms. The number of hydrogen-bond donors (Lipinski definition) is 2. The number of nitrogens with zero attached hydrogens (tertiary/aromatic N) is 2. The van der Waals surface area contributed by atoms with Crippen molar-refractivity contribution in [2.24, 2.45) is 5.92 Å². The first kappa shape index (κ1) is 20.0. The zero-order valence-electron chi connectivity index (χ0n) is 15.9. The number of benzene rings is 1. The van der Waals surface area contributed by atoms with E-state index in [1.54, 1.807) is 18.2 Å². The SMILES string of the molecule is COc1cc(C#N)ccc1OCC(=O)NC1CC(N(CC(=O)O)CC2CC2)C1. The minimum absolute atomic E-state index is 0.0412. The van der Waals surface area contributed by atoms with E-state index in [9.17, 15) is 9.59 Å². The summed E-state index contributed by atoms with van der Waals surface area (Å²) < 4.78 is 10.7. The Labute approximate surface area is 164 Å². The van der Waals surface area contributed by atoms with E-state index in [2.05, 4.69) is 5.32 Å². The molecule has 28 heavy (non-hydrogen) atoms. The van der Waals surface area contributed by atoms with Crippen LogP contribution in [-0.2, 0) is 9.59 Å². The summed E-state index contributed by atoms with van der Waals surface area (Å²) in [6, 6.07) is 7.03. The Morgan fingerprint density at radius 2 is 2.07 bits per heavy atom. The number of amides is 1. The molecular formula is C20H25N3O5. The molecule has 0 unspecified atom stereocenters. The first-order valence-corrected chi connectivity index (χ1v) is 9.44. The van der Waals surface area contributed by atoms with E-state index in [0.29, 0.717) is 23.0 Å². The molecule has 0 aliphatic heterocycles. The molecule has 2 N–H and O–H groups in total. The smallest absolute Gasteiger partial charge is 0.317 e. The van der Waals surface area contributed by atoms with Crippen molar-refractivity contribution in [3.8, 4) is 17.6 Å². The minimum Gasteiger partial charge on any atom is -0.493 e. The Bertz CT molecular complexity index is 766. The van der Waals surface area contributed by atoms with E-state index in [-0.39, 0.29) is 31.1 Å². The number of ether oxygens (including phenoxy) is 2. The lowest BCUT2D eigenvalue weighted by atomic mass is 9.85. The van der Waals surface area contributed by atoms with E-state index in [1.807, 2.05) is 11.0 Å². The fraction of sp³-hybridized carbons (Fsp3) is 0.550. The molecule has 2 aliphatic carbocycles. The molecule has 2 aliphatic rings. The lowest BCUT2D eigenvalue weighted by Gasteiger charge is -2.42. The first-order valence-electron chi connectivity index (χ1n) is 9.44. The average Bonchev–Trinajstić information content (AvgIpc) is 3.45. The fourth-order valence-electron chi connectivity index (χ4n) is 3.42. The second-order valence-corrected chi connectivity index (χ2v) is 7.42. The molecule has 0 atom stereocenters. The van der Waals surface area contributed by atoms with Gasteiger partial charge in [0.2, 0.25) is 0 Å². The van der Waals surface area contributed by atoms with E-state index in [1.165, 1.54) is 20.0 Å². The third-order valence-corrected chi connectivity index (χ3v) is 5.17. The average molecular weight is 387 g/mol. The Kier molecular flexibility index (Phi) is 6.37. The normalized spacial score (nSPS) is 20.8. The quantitative estimate of drug-likeness (QED) is 0.624. The number of rotatable bonds is 10. The molecule has 0 aromatic heterocycles. The monoisotopic (exact) mass is 387 g/mol. The van der Waals surface area contributed by atoms with Crippen LogP contribution >= 0.6 is 0 Å². The number of aliphatic carboxylic acids is 1. The minimum atomic E-state index is -0.808. The van der Waals surface area contributed by atoms with Crippen molar-refractivity contribution >= 4 is 11.9 Å². The van der Waals surface area contributed by atoms with Crippen molar-refractivity contribution in [3.05, 3.63) is 23.8 Å². The topological polar surface area (TPSA) is 112 Å². The second-order valence-electron chi connectivity index (χ2n) is 7.42. The molecule has 1 aromatic rings. The summed E-state index contributed by atoms with van der Waals surface area (Å²) in [6.45, 7) is 0.743. The van der Waals surface area contributed by atoms with Crippen molar-refractivity contribution in [2.75, 3.05) is 26.8 Å². The summed E-state index contributed by atoms with van der Waals surface area (Å²) >= 11 is 0. The molecule has 0 spiro atoms. The summed E-state index contributed by atoms with van der Waals surface area (Å²) in [4.78, 5) is 25.2. The largest absolute Gasteiger partial charge is 0.493 e. The zero-order valence-corrected chi connectivity index (χ0v) is 15.9. The maximum absolute atomic E-state index is 12.1. The molecule has 1 amide bonds. The summed E-state index contributed by atoms with van der Waals surface area (Å²) in [7, 11) is 1.47. The van der Waals surface area contributed by atoms with Crippen molar-refractivity contribution < 1.29 is 24.2 Å². The maximum Gasteiger partial charge on any atom is 0.317 e. The number of nitriles is 1. The van der Waals surface area contributed by atoms with Gasteiger partial charge in [-0.15, -0.1) is 0 Å². The third kappa shape index (κ3) is 5.36. The Morgan fingerprint density at radius 3 is 2.68 bits per heavy atom. The molecule has 0 radical (unpaired) electrons. The van der Waals surface area contributed by atoms with Crippen LogP contribution in [0.1, 0.15) is 31.2 Å². The number of carboxylic acids is 1. The van der Waals surface area contributed by atoms with Gasteiger partial charge in [0.1, 0.15) is 0 Å². The van der Waals surface area contributed by atoms with Crippen LogP contribution in [-0.4, -0.2) is 60.8 Å². The molecule has 1 aromatic carbocycles. The summed E-state index contributed by atoms with van der Waals surface area (Å²) in [5.74, 6) is 0.392. The maximum atomic E-state index is 12.1. The van der Waals surface area contributed by atoms with Gasteiger partial charge in [0.25, 0.3) is 5.91 Å². The number of carbonyl (C=O) groups is 2.